The number of hydrogen-bond donors (Lipinski definition) is 1. The van der Waals surface area contributed by atoms with Crippen LogP contribution in [0.1, 0.15) is 40.0 Å². The number of hydrogen-bond acceptors (Lipinski definition) is 5. The van der Waals surface area contributed by atoms with Crippen LogP contribution in [-0.2, 0) is 0 Å². The molecule has 0 aliphatic carbocycles. The molecule has 1 aliphatic heterocycles. The topological polar surface area (TPSA) is 53.9 Å². The Kier molecular flexibility index (Phi) is 4.45. The Hall–Kier alpha value is -1.10. The average Bonchev–Trinajstić information content (AvgIpc) is 2.50. The van der Waals surface area contributed by atoms with Crippen LogP contribution in [0.15, 0.2) is 0 Å². The predicted molar refractivity (Wildman–Crippen MR) is 78.8 cm³/mol. The molecule has 1 aromatic rings. The van der Waals surface area contributed by atoms with Gasteiger partial charge in [-0.1, -0.05) is 13.8 Å². The summed E-state index contributed by atoms with van der Waals surface area (Å²) in [7, 11) is 0. The largest absolute Gasteiger partial charge is 0.354 e. The van der Waals surface area contributed by atoms with Gasteiger partial charge in [-0.15, -0.1) is 0 Å². The number of aromatic nitrogens is 3. The van der Waals surface area contributed by atoms with Crippen molar-refractivity contribution in [3.63, 3.8) is 0 Å². The summed E-state index contributed by atoms with van der Waals surface area (Å²) in [6, 6.07) is 0. The van der Waals surface area contributed by atoms with Crippen LogP contribution >= 0.6 is 11.6 Å². The van der Waals surface area contributed by atoms with Gasteiger partial charge in [-0.25, -0.2) is 0 Å². The van der Waals surface area contributed by atoms with E-state index in [2.05, 4.69) is 39.0 Å². The Bertz CT molecular complexity index is 435. The van der Waals surface area contributed by atoms with E-state index >= 15 is 0 Å². The number of halogens is 1. The molecule has 0 atom stereocenters. The summed E-state index contributed by atoms with van der Waals surface area (Å²) < 4.78 is 0. The van der Waals surface area contributed by atoms with Crippen molar-refractivity contribution in [3.8, 4) is 0 Å². The number of rotatable bonds is 3. The fourth-order valence-corrected chi connectivity index (χ4v) is 2.50. The summed E-state index contributed by atoms with van der Waals surface area (Å²) in [6.45, 7) is 9.37. The van der Waals surface area contributed by atoms with Crippen molar-refractivity contribution < 1.29 is 0 Å². The van der Waals surface area contributed by atoms with Crippen molar-refractivity contribution in [2.24, 2.45) is 5.41 Å². The molecule has 0 radical (unpaired) electrons. The Morgan fingerprint density at radius 1 is 1.21 bits per heavy atom. The third kappa shape index (κ3) is 3.93. The second-order valence-corrected chi connectivity index (χ2v) is 6.10. The molecule has 1 fully saturated rings. The third-order valence-electron chi connectivity index (χ3n) is 3.55. The summed E-state index contributed by atoms with van der Waals surface area (Å²) in [6.07, 6.45) is 3.54. The van der Waals surface area contributed by atoms with E-state index in [0.29, 0.717) is 17.3 Å². The van der Waals surface area contributed by atoms with Crippen LogP contribution in [0.5, 0.6) is 0 Å². The molecule has 1 saturated heterocycles. The van der Waals surface area contributed by atoms with Gasteiger partial charge in [0.15, 0.2) is 0 Å². The molecule has 0 spiro atoms. The zero-order valence-corrected chi connectivity index (χ0v) is 12.7. The lowest BCUT2D eigenvalue weighted by Crippen LogP contribution is -2.27. The highest BCUT2D eigenvalue weighted by Gasteiger charge is 2.24. The Morgan fingerprint density at radius 3 is 2.74 bits per heavy atom. The van der Waals surface area contributed by atoms with Crippen molar-refractivity contribution in [2.45, 2.75) is 40.0 Å². The molecule has 0 amide bonds. The van der Waals surface area contributed by atoms with Gasteiger partial charge >= 0.3 is 0 Å². The van der Waals surface area contributed by atoms with Crippen LogP contribution in [0, 0.1) is 5.41 Å². The molecule has 2 heterocycles. The van der Waals surface area contributed by atoms with Crippen LogP contribution in [0.4, 0.5) is 11.9 Å². The van der Waals surface area contributed by atoms with Crippen LogP contribution in [0.3, 0.4) is 0 Å². The summed E-state index contributed by atoms with van der Waals surface area (Å²) in [5.74, 6) is 1.25. The maximum atomic E-state index is 5.97. The first-order chi connectivity index (χ1) is 9.00. The first kappa shape index (κ1) is 14.3. The fraction of sp³-hybridized carbons (Fsp3) is 0.769. The smallest absolute Gasteiger partial charge is 0.231 e. The second-order valence-electron chi connectivity index (χ2n) is 5.76. The number of nitrogens with one attached hydrogen (secondary N) is 1. The van der Waals surface area contributed by atoms with E-state index in [1.54, 1.807) is 0 Å². The lowest BCUT2D eigenvalue weighted by molar-refractivity contribution is 0.325. The number of nitrogens with zero attached hydrogens (tertiary/aromatic N) is 4. The van der Waals surface area contributed by atoms with Gasteiger partial charge in [0, 0.05) is 19.6 Å². The van der Waals surface area contributed by atoms with Gasteiger partial charge in [0.25, 0.3) is 0 Å². The highest BCUT2D eigenvalue weighted by atomic mass is 35.5. The molecular weight excluding hydrogens is 262 g/mol. The van der Waals surface area contributed by atoms with Crippen molar-refractivity contribution >= 4 is 23.5 Å². The minimum absolute atomic E-state index is 0.254. The summed E-state index contributed by atoms with van der Waals surface area (Å²) in [4.78, 5) is 15.0. The second kappa shape index (κ2) is 5.90. The summed E-state index contributed by atoms with van der Waals surface area (Å²) in [5.41, 5.74) is 0.399. The molecule has 19 heavy (non-hydrogen) atoms. The van der Waals surface area contributed by atoms with E-state index in [-0.39, 0.29) is 5.28 Å². The molecule has 5 nitrogen and oxygen atoms in total. The monoisotopic (exact) mass is 283 g/mol. The molecule has 1 N–H and O–H groups in total. The SMILES string of the molecule is CCNc1nc(Cl)nc(N2CCCC(C)(C)CC2)n1. The molecule has 106 valence electrons. The van der Waals surface area contributed by atoms with Gasteiger partial charge < -0.3 is 10.2 Å². The Morgan fingerprint density at radius 2 is 2.00 bits per heavy atom. The lowest BCUT2D eigenvalue weighted by Gasteiger charge is -2.23. The Labute approximate surface area is 119 Å². The van der Waals surface area contributed by atoms with E-state index < -0.39 is 0 Å². The third-order valence-corrected chi connectivity index (χ3v) is 3.72. The van der Waals surface area contributed by atoms with Crippen LogP contribution in [0.2, 0.25) is 5.28 Å². The maximum Gasteiger partial charge on any atom is 0.231 e. The van der Waals surface area contributed by atoms with Crippen molar-refractivity contribution in [3.05, 3.63) is 5.28 Å². The zero-order valence-electron chi connectivity index (χ0n) is 11.9. The zero-order chi connectivity index (χ0) is 13.9. The van der Waals surface area contributed by atoms with E-state index in [9.17, 15) is 0 Å². The average molecular weight is 284 g/mol. The standard InChI is InChI=1S/C13H22ClN5/c1-4-15-11-16-10(14)17-12(18-11)19-8-5-6-13(2,3)7-9-19/h4-9H2,1-3H3,(H,15,16,17,18). The Balaban J connectivity index is 2.16. The normalized spacial score (nSPS) is 19.1. The van der Waals surface area contributed by atoms with Crippen molar-refractivity contribution in [1.82, 2.24) is 15.0 Å². The maximum absolute atomic E-state index is 5.97. The van der Waals surface area contributed by atoms with Crippen molar-refractivity contribution in [2.75, 3.05) is 29.9 Å². The minimum Gasteiger partial charge on any atom is -0.354 e. The van der Waals surface area contributed by atoms with Gasteiger partial charge in [0.05, 0.1) is 0 Å². The van der Waals surface area contributed by atoms with E-state index in [1.165, 1.54) is 6.42 Å². The molecule has 1 aliphatic rings. The van der Waals surface area contributed by atoms with Crippen LogP contribution < -0.4 is 10.2 Å². The molecule has 6 heteroatoms. The quantitative estimate of drug-likeness (QED) is 0.924. The molecule has 2 rings (SSSR count). The van der Waals surface area contributed by atoms with E-state index in [1.807, 2.05) is 6.92 Å². The molecule has 0 aromatic carbocycles. The highest BCUT2D eigenvalue weighted by Crippen LogP contribution is 2.31. The fourth-order valence-electron chi connectivity index (χ4n) is 2.34. The lowest BCUT2D eigenvalue weighted by atomic mass is 9.85. The van der Waals surface area contributed by atoms with E-state index in [0.717, 1.165) is 32.5 Å². The first-order valence-electron chi connectivity index (χ1n) is 6.90. The molecule has 1 aromatic heterocycles. The van der Waals surface area contributed by atoms with Crippen molar-refractivity contribution in [1.29, 1.82) is 0 Å². The molecule has 0 bridgehead atoms. The predicted octanol–water partition coefficient (Wildman–Crippen LogP) is 2.97. The first-order valence-corrected chi connectivity index (χ1v) is 7.28. The van der Waals surface area contributed by atoms with Gasteiger partial charge in [-0.05, 0) is 43.2 Å². The van der Waals surface area contributed by atoms with Crippen LogP contribution in [0.25, 0.3) is 0 Å². The van der Waals surface area contributed by atoms with Gasteiger partial charge in [-0.3, -0.25) is 0 Å². The summed E-state index contributed by atoms with van der Waals surface area (Å²) in [5, 5.41) is 3.34. The highest BCUT2D eigenvalue weighted by molar-refractivity contribution is 6.28. The minimum atomic E-state index is 0.254. The van der Waals surface area contributed by atoms with Crippen LogP contribution in [-0.4, -0.2) is 34.6 Å². The van der Waals surface area contributed by atoms with E-state index in [4.69, 9.17) is 11.6 Å². The molecule has 0 unspecified atom stereocenters. The van der Waals surface area contributed by atoms with Gasteiger partial charge in [0.2, 0.25) is 17.2 Å². The number of anilines is 2. The summed E-state index contributed by atoms with van der Waals surface area (Å²) >= 11 is 5.97. The van der Waals surface area contributed by atoms with Gasteiger partial charge in [-0.2, -0.15) is 15.0 Å². The van der Waals surface area contributed by atoms with Gasteiger partial charge in [0.1, 0.15) is 0 Å². The molecule has 0 saturated carbocycles. The molecular formula is C13H22ClN5.